The average Bonchev–Trinajstić information content (AvgIpc) is 3.52. The third-order valence-electron chi connectivity index (χ3n) is 7.34. The summed E-state index contributed by atoms with van der Waals surface area (Å²) in [5.41, 5.74) is 2.18. The van der Waals surface area contributed by atoms with Crippen molar-refractivity contribution in [1.29, 1.82) is 0 Å². The molecule has 0 N–H and O–H groups in total. The molecule has 39 heavy (non-hydrogen) atoms. The molecule has 0 unspecified atom stereocenters. The van der Waals surface area contributed by atoms with Gasteiger partial charge >= 0.3 is 5.63 Å². The normalized spacial score (nSPS) is 15.8. The summed E-state index contributed by atoms with van der Waals surface area (Å²) in [6.45, 7) is 3.18. The van der Waals surface area contributed by atoms with Crippen LogP contribution in [-0.4, -0.2) is 60.9 Å². The van der Waals surface area contributed by atoms with E-state index in [1.165, 1.54) is 6.26 Å². The number of furan rings is 1. The lowest BCUT2D eigenvalue weighted by Crippen LogP contribution is -2.52. The molecule has 2 amide bonds. The van der Waals surface area contributed by atoms with Crippen molar-refractivity contribution in [3.63, 3.8) is 0 Å². The van der Waals surface area contributed by atoms with E-state index in [-0.39, 0.29) is 18.4 Å². The molecule has 0 saturated carbocycles. The first-order chi connectivity index (χ1) is 19.1. The summed E-state index contributed by atoms with van der Waals surface area (Å²) < 4.78 is 16.9. The number of hydrogen-bond acceptors (Lipinski definition) is 7. The Kier molecular flexibility index (Phi) is 6.89. The van der Waals surface area contributed by atoms with E-state index in [9.17, 15) is 14.4 Å². The van der Waals surface area contributed by atoms with Gasteiger partial charge in [0.05, 0.1) is 12.8 Å². The van der Waals surface area contributed by atoms with Crippen LogP contribution in [0.1, 0.15) is 28.1 Å². The number of hydrogen-bond donors (Lipinski definition) is 0. The van der Waals surface area contributed by atoms with Crippen LogP contribution in [0.5, 0.6) is 5.75 Å². The number of fused-ring (bicyclic) bond motifs is 3. The highest BCUT2D eigenvalue weighted by molar-refractivity contribution is 5.99. The Balaban J connectivity index is 1.17. The molecule has 2 aromatic heterocycles. The summed E-state index contributed by atoms with van der Waals surface area (Å²) in [6.07, 6.45) is 2.91. The minimum Gasteiger partial charge on any atom is -0.489 e. The largest absolute Gasteiger partial charge is 0.489 e. The maximum absolute atomic E-state index is 13.4. The van der Waals surface area contributed by atoms with Gasteiger partial charge in [-0.25, -0.2) is 4.79 Å². The first-order valence-corrected chi connectivity index (χ1v) is 13.2. The maximum Gasteiger partial charge on any atom is 0.360 e. The zero-order valence-electron chi connectivity index (χ0n) is 21.5. The quantitative estimate of drug-likeness (QED) is 0.353. The topological polar surface area (TPSA) is 96.4 Å². The second-order valence-electron chi connectivity index (χ2n) is 9.84. The van der Waals surface area contributed by atoms with Crippen molar-refractivity contribution in [2.75, 3.05) is 44.2 Å². The first kappa shape index (κ1) is 24.9. The number of amides is 2. The molecular formula is C30H29N3O6. The van der Waals surface area contributed by atoms with Gasteiger partial charge in [-0.15, -0.1) is 0 Å². The molecule has 0 bridgehead atoms. The van der Waals surface area contributed by atoms with Crippen molar-refractivity contribution >= 4 is 28.5 Å². The Hall–Kier alpha value is -4.37. The molecule has 2 aromatic carbocycles. The molecule has 0 aliphatic carbocycles. The zero-order valence-corrected chi connectivity index (χ0v) is 21.5. The number of ether oxygens (including phenoxy) is 1. The van der Waals surface area contributed by atoms with Crippen LogP contribution in [0.25, 0.3) is 11.0 Å². The molecule has 200 valence electrons. The van der Waals surface area contributed by atoms with E-state index in [2.05, 4.69) is 0 Å². The fraction of sp³-hybridized carbons (Fsp3) is 0.300. The summed E-state index contributed by atoms with van der Waals surface area (Å²) >= 11 is 0. The third-order valence-corrected chi connectivity index (χ3v) is 7.34. The monoisotopic (exact) mass is 527 g/mol. The molecule has 0 radical (unpaired) electrons. The number of aryl methyl sites for hydroxylation is 1. The highest BCUT2D eigenvalue weighted by atomic mass is 16.5. The minimum atomic E-state index is -0.502. The molecule has 0 atom stereocenters. The summed E-state index contributed by atoms with van der Waals surface area (Å²) in [7, 11) is 0. The highest BCUT2D eigenvalue weighted by Crippen LogP contribution is 2.33. The average molecular weight is 528 g/mol. The Bertz CT molecular complexity index is 1540. The summed E-state index contributed by atoms with van der Waals surface area (Å²) in [4.78, 5) is 44.3. The zero-order chi connectivity index (χ0) is 26.8. The minimum absolute atomic E-state index is 0.146. The van der Waals surface area contributed by atoms with Gasteiger partial charge in [0.1, 0.15) is 23.6 Å². The standard InChI is InChI=1S/C30H29N3O6/c34-27(19-31-13-15-32(16-14-31)29(35)26-9-5-17-37-26)33-12-4-8-23-24-18-22(38-20-21-6-2-1-3-7-21)10-11-25(24)39-30(36)28(23)33/h1-3,5-7,9-11,17-18H,4,8,12-16,19-20H2. The molecule has 1 saturated heterocycles. The van der Waals surface area contributed by atoms with Crippen LogP contribution in [0.15, 0.2) is 80.6 Å². The van der Waals surface area contributed by atoms with Gasteiger partial charge < -0.3 is 23.4 Å². The predicted octanol–water partition coefficient (Wildman–Crippen LogP) is 3.70. The van der Waals surface area contributed by atoms with E-state index >= 15 is 0 Å². The number of carbonyl (C=O) groups excluding carboxylic acids is 2. The number of piperazine rings is 1. The van der Waals surface area contributed by atoms with Crippen molar-refractivity contribution in [1.82, 2.24) is 9.80 Å². The van der Waals surface area contributed by atoms with Gasteiger partial charge in [-0.3, -0.25) is 14.5 Å². The van der Waals surface area contributed by atoms with Gasteiger partial charge in [0.15, 0.2) is 5.76 Å². The fourth-order valence-electron chi connectivity index (χ4n) is 5.31. The van der Waals surface area contributed by atoms with Crippen molar-refractivity contribution in [2.45, 2.75) is 19.4 Å². The van der Waals surface area contributed by atoms with Crippen LogP contribution in [0.4, 0.5) is 5.69 Å². The maximum atomic E-state index is 13.4. The molecule has 9 nitrogen and oxygen atoms in total. The molecule has 0 spiro atoms. The Morgan fingerprint density at radius 1 is 0.923 bits per heavy atom. The van der Waals surface area contributed by atoms with Gasteiger partial charge in [0, 0.05) is 38.1 Å². The summed E-state index contributed by atoms with van der Waals surface area (Å²) in [5.74, 6) is 0.697. The fourth-order valence-corrected chi connectivity index (χ4v) is 5.31. The number of benzene rings is 2. The van der Waals surface area contributed by atoms with E-state index in [1.807, 2.05) is 41.3 Å². The van der Waals surface area contributed by atoms with Crippen LogP contribution >= 0.6 is 0 Å². The lowest BCUT2D eigenvalue weighted by Gasteiger charge is -2.36. The van der Waals surface area contributed by atoms with Gasteiger partial charge in [-0.05, 0) is 54.3 Å². The lowest BCUT2D eigenvalue weighted by atomic mass is 9.98. The third kappa shape index (κ3) is 5.18. The number of rotatable bonds is 6. The second-order valence-corrected chi connectivity index (χ2v) is 9.84. The molecular weight excluding hydrogens is 498 g/mol. The summed E-state index contributed by atoms with van der Waals surface area (Å²) in [6, 6.07) is 18.7. The van der Waals surface area contributed by atoms with E-state index in [0.717, 1.165) is 22.9 Å². The molecule has 9 heteroatoms. The van der Waals surface area contributed by atoms with Crippen LogP contribution < -0.4 is 15.3 Å². The van der Waals surface area contributed by atoms with E-state index in [0.29, 0.717) is 68.5 Å². The van der Waals surface area contributed by atoms with Crippen molar-refractivity contribution in [3.05, 3.63) is 94.2 Å². The first-order valence-electron chi connectivity index (χ1n) is 13.2. The Labute approximate surface area is 225 Å². The number of nitrogens with zero attached hydrogens (tertiary/aromatic N) is 3. The van der Waals surface area contributed by atoms with E-state index in [1.54, 1.807) is 34.1 Å². The SMILES string of the molecule is O=C(c1ccco1)N1CCN(CC(=O)N2CCCc3c2c(=O)oc2ccc(OCc4ccccc4)cc32)CC1. The molecule has 4 heterocycles. The second kappa shape index (κ2) is 10.8. The Morgan fingerprint density at radius 2 is 1.74 bits per heavy atom. The molecule has 6 rings (SSSR count). The van der Waals surface area contributed by atoms with Crippen LogP contribution in [0.3, 0.4) is 0 Å². The van der Waals surface area contributed by atoms with Gasteiger partial charge in [-0.2, -0.15) is 0 Å². The van der Waals surface area contributed by atoms with Crippen LogP contribution in [-0.2, 0) is 17.8 Å². The molecule has 2 aliphatic rings. The molecule has 2 aliphatic heterocycles. The predicted molar refractivity (Wildman–Crippen MR) is 145 cm³/mol. The Morgan fingerprint density at radius 3 is 2.51 bits per heavy atom. The number of anilines is 1. The van der Waals surface area contributed by atoms with Gasteiger partial charge in [0.25, 0.3) is 5.91 Å². The van der Waals surface area contributed by atoms with E-state index < -0.39 is 5.63 Å². The number of carbonyl (C=O) groups is 2. The molecule has 4 aromatic rings. The van der Waals surface area contributed by atoms with Crippen LogP contribution in [0.2, 0.25) is 0 Å². The molecule has 1 fully saturated rings. The van der Waals surface area contributed by atoms with Crippen molar-refractivity contribution in [2.24, 2.45) is 0 Å². The van der Waals surface area contributed by atoms with Crippen LogP contribution in [0, 0.1) is 0 Å². The van der Waals surface area contributed by atoms with Gasteiger partial charge in [0.2, 0.25) is 5.91 Å². The highest BCUT2D eigenvalue weighted by Gasteiger charge is 2.31. The van der Waals surface area contributed by atoms with Gasteiger partial charge in [-0.1, -0.05) is 30.3 Å². The van der Waals surface area contributed by atoms with Crippen molar-refractivity contribution < 1.29 is 23.2 Å². The lowest BCUT2D eigenvalue weighted by molar-refractivity contribution is -0.120. The van der Waals surface area contributed by atoms with Crippen molar-refractivity contribution in [3.8, 4) is 5.75 Å². The summed E-state index contributed by atoms with van der Waals surface area (Å²) in [5, 5.41) is 0.790. The van der Waals surface area contributed by atoms with E-state index in [4.69, 9.17) is 13.6 Å². The smallest absolute Gasteiger partial charge is 0.360 e.